The van der Waals surface area contributed by atoms with Crippen molar-refractivity contribution in [3.63, 3.8) is 0 Å². The number of anilines is 1. The Balaban J connectivity index is 1.55. The number of benzene rings is 2. The number of carbonyl (C=O) groups excluding carboxylic acids is 3. The van der Waals surface area contributed by atoms with Gasteiger partial charge in [-0.15, -0.1) is 5.10 Å². The summed E-state index contributed by atoms with van der Waals surface area (Å²) >= 11 is 0. The summed E-state index contributed by atoms with van der Waals surface area (Å²) in [4.78, 5) is 45.4. The number of nitrogens with one attached hydrogen (secondary N) is 1. The van der Waals surface area contributed by atoms with E-state index < -0.39 is 29.4 Å². The van der Waals surface area contributed by atoms with Gasteiger partial charge in [-0.25, -0.2) is 5.10 Å². The molecule has 0 bridgehead atoms. The molecule has 1 aliphatic rings. The fourth-order valence-corrected chi connectivity index (χ4v) is 4.34. The maximum absolute atomic E-state index is 13.7. The maximum Gasteiger partial charge on any atom is 0.317 e. The highest BCUT2D eigenvalue weighted by Crippen LogP contribution is 2.41. The van der Waals surface area contributed by atoms with E-state index >= 15 is 0 Å². The van der Waals surface area contributed by atoms with Gasteiger partial charge in [0.2, 0.25) is 5.78 Å². The summed E-state index contributed by atoms with van der Waals surface area (Å²) in [5.74, 6) is -2.31. The molecule has 3 heterocycles. The van der Waals surface area contributed by atoms with E-state index in [-0.39, 0.29) is 11.8 Å². The van der Waals surface area contributed by atoms with Crippen LogP contribution in [-0.4, -0.2) is 42.9 Å². The van der Waals surface area contributed by atoms with Crippen LogP contribution >= 0.6 is 0 Å². The van der Waals surface area contributed by atoms with Crippen molar-refractivity contribution in [2.45, 2.75) is 32.7 Å². The molecule has 0 aliphatic carbocycles. The van der Waals surface area contributed by atoms with Crippen LogP contribution in [0.4, 0.5) is 5.82 Å². The Bertz CT molecular complexity index is 1430. The van der Waals surface area contributed by atoms with Crippen LogP contribution in [-0.2, 0) is 9.59 Å². The molecule has 5 rings (SSSR count). The standard InChI is InChI=1S/C27H24N6O4/c1-15(2)17-5-7-19(8-6-17)24(34)22-23(18-9-11-20(12-10-18)37-27-28-14-29-32-27)33(26(36)25(22)35)21-13-4-16(3)30-31-21/h4-15,22-23H,1-3H3,(H,28,29,32). The van der Waals surface area contributed by atoms with Gasteiger partial charge in [0.15, 0.2) is 11.6 Å². The van der Waals surface area contributed by atoms with Crippen LogP contribution in [0.15, 0.2) is 67.0 Å². The number of rotatable bonds is 7. The summed E-state index contributed by atoms with van der Waals surface area (Å²) in [7, 11) is 0. The molecule has 0 radical (unpaired) electrons. The summed E-state index contributed by atoms with van der Waals surface area (Å²) in [6.07, 6.45) is 1.32. The minimum atomic E-state index is -1.25. The van der Waals surface area contributed by atoms with Crippen molar-refractivity contribution >= 4 is 23.3 Å². The molecule has 186 valence electrons. The highest BCUT2D eigenvalue weighted by atomic mass is 16.5. The lowest BCUT2D eigenvalue weighted by Gasteiger charge is -2.26. The number of aryl methyl sites for hydroxylation is 1. The van der Waals surface area contributed by atoms with E-state index in [1.807, 2.05) is 12.1 Å². The highest BCUT2D eigenvalue weighted by molar-refractivity contribution is 6.48. The van der Waals surface area contributed by atoms with Gasteiger partial charge in [-0.3, -0.25) is 19.3 Å². The van der Waals surface area contributed by atoms with Crippen LogP contribution in [0.2, 0.25) is 0 Å². The largest absolute Gasteiger partial charge is 0.425 e. The topological polar surface area (TPSA) is 131 Å². The Morgan fingerprint density at radius 1 is 0.973 bits per heavy atom. The highest BCUT2D eigenvalue weighted by Gasteiger charge is 2.52. The number of aromatic nitrogens is 5. The van der Waals surface area contributed by atoms with Crippen LogP contribution in [0.5, 0.6) is 11.8 Å². The van der Waals surface area contributed by atoms with Crippen LogP contribution < -0.4 is 9.64 Å². The fourth-order valence-electron chi connectivity index (χ4n) is 4.34. The second kappa shape index (κ2) is 9.73. The van der Waals surface area contributed by atoms with E-state index in [1.165, 1.54) is 11.2 Å². The van der Waals surface area contributed by atoms with E-state index in [0.29, 0.717) is 28.5 Å². The number of aromatic amines is 1. The van der Waals surface area contributed by atoms with E-state index in [0.717, 1.165) is 5.56 Å². The zero-order valence-electron chi connectivity index (χ0n) is 20.5. The number of Topliss-reactive ketones (excluding diaryl/α,β-unsaturated/α-hetero) is 2. The van der Waals surface area contributed by atoms with Gasteiger partial charge in [0.25, 0.3) is 5.91 Å². The zero-order valence-corrected chi connectivity index (χ0v) is 20.5. The number of ether oxygens (including phenoxy) is 1. The molecule has 1 saturated heterocycles. The third-order valence-electron chi connectivity index (χ3n) is 6.31. The summed E-state index contributed by atoms with van der Waals surface area (Å²) in [6.45, 7) is 5.89. The molecule has 2 atom stereocenters. The summed E-state index contributed by atoms with van der Waals surface area (Å²) in [5.41, 5.74) is 2.66. The van der Waals surface area contributed by atoms with Crippen LogP contribution in [0, 0.1) is 12.8 Å². The lowest BCUT2D eigenvalue weighted by atomic mass is 9.86. The average Bonchev–Trinajstić information content (AvgIpc) is 3.51. The van der Waals surface area contributed by atoms with Gasteiger partial charge in [0.05, 0.1) is 11.7 Å². The van der Waals surface area contributed by atoms with E-state index in [9.17, 15) is 14.4 Å². The fraction of sp³-hybridized carbons (Fsp3) is 0.222. The Morgan fingerprint density at radius 2 is 1.70 bits per heavy atom. The van der Waals surface area contributed by atoms with Gasteiger partial charge in [0.1, 0.15) is 18.0 Å². The first-order valence-electron chi connectivity index (χ1n) is 11.8. The van der Waals surface area contributed by atoms with Gasteiger partial charge < -0.3 is 4.74 Å². The molecule has 2 aromatic carbocycles. The molecule has 10 heteroatoms. The molecule has 1 N–H and O–H groups in total. The van der Waals surface area contributed by atoms with Crippen molar-refractivity contribution in [3.05, 3.63) is 89.4 Å². The molecule has 1 aliphatic heterocycles. The smallest absolute Gasteiger partial charge is 0.317 e. The Kier molecular flexibility index (Phi) is 6.31. The van der Waals surface area contributed by atoms with Crippen LogP contribution in [0.25, 0.3) is 0 Å². The third-order valence-corrected chi connectivity index (χ3v) is 6.31. The SMILES string of the molecule is Cc1ccc(N2C(=O)C(=O)C(C(=O)c3ccc(C(C)C)cc3)C2c2ccc(Oc3ncn[nH]3)cc2)nn1. The predicted molar refractivity (Wildman–Crippen MR) is 133 cm³/mol. The molecule has 0 saturated carbocycles. The van der Waals surface area contributed by atoms with E-state index in [4.69, 9.17) is 4.74 Å². The third kappa shape index (κ3) is 4.61. The molecule has 2 aromatic heterocycles. The Labute approximate surface area is 212 Å². The van der Waals surface area contributed by atoms with Gasteiger partial charge >= 0.3 is 6.01 Å². The number of hydrogen-bond acceptors (Lipinski definition) is 8. The maximum atomic E-state index is 13.7. The van der Waals surface area contributed by atoms with E-state index in [1.54, 1.807) is 55.5 Å². The molecule has 1 amide bonds. The minimum absolute atomic E-state index is 0.196. The summed E-state index contributed by atoms with van der Waals surface area (Å²) in [6, 6.07) is 16.5. The number of amides is 1. The van der Waals surface area contributed by atoms with Gasteiger partial charge in [-0.2, -0.15) is 15.2 Å². The minimum Gasteiger partial charge on any atom is -0.425 e. The van der Waals surface area contributed by atoms with Gasteiger partial charge in [0, 0.05) is 5.56 Å². The predicted octanol–water partition coefficient (Wildman–Crippen LogP) is 3.97. The first-order chi connectivity index (χ1) is 17.8. The average molecular weight is 497 g/mol. The molecule has 0 spiro atoms. The summed E-state index contributed by atoms with van der Waals surface area (Å²) in [5, 5.41) is 14.5. The molecule has 37 heavy (non-hydrogen) atoms. The first-order valence-corrected chi connectivity index (χ1v) is 11.8. The zero-order chi connectivity index (χ0) is 26.1. The summed E-state index contributed by atoms with van der Waals surface area (Å²) < 4.78 is 5.61. The Morgan fingerprint density at radius 3 is 2.30 bits per heavy atom. The van der Waals surface area contributed by atoms with Crippen molar-refractivity contribution in [2.24, 2.45) is 5.92 Å². The van der Waals surface area contributed by atoms with E-state index in [2.05, 4.69) is 39.2 Å². The van der Waals surface area contributed by atoms with Crippen LogP contribution in [0.3, 0.4) is 0 Å². The first kappa shape index (κ1) is 24.0. The quantitative estimate of drug-likeness (QED) is 0.231. The van der Waals surface area contributed by atoms with Gasteiger partial charge in [-0.05, 0) is 48.2 Å². The molecular weight excluding hydrogens is 472 g/mol. The van der Waals surface area contributed by atoms with Crippen molar-refractivity contribution < 1.29 is 19.1 Å². The number of ketones is 2. The molecule has 4 aromatic rings. The number of nitrogens with zero attached hydrogens (tertiary/aromatic N) is 5. The Hall–Kier alpha value is -4.73. The van der Waals surface area contributed by atoms with Crippen molar-refractivity contribution in [1.29, 1.82) is 0 Å². The van der Waals surface area contributed by atoms with Crippen molar-refractivity contribution in [2.75, 3.05) is 4.90 Å². The van der Waals surface area contributed by atoms with Crippen LogP contribution in [0.1, 0.15) is 53.0 Å². The lowest BCUT2D eigenvalue weighted by Crippen LogP contribution is -2.31. The second-order valence-electron chi connectivity index (χ2n) is 9.10. The van der Waals surface area contributed by atoms with Gasteiger partial charge in [-0.1, -0.05) is 50.2 Å². The molecular formula is C27H24N6O4. The molecule has 1 fully saturated rings. The molecule has 10 nitrogen and oxygen atoms in total. The molecule has 2 unspecified atom stereocenters. The lowest BCUT2D eigenvalue weighted by molar-refractivity contribution is -0.135. The number of hydrogen-bond donors (Lipinski definition) is 1. The van der Waals surface area contributed by atoms with Crippen molar-refractivity contribution in [1.82, 2.24) is 25.4 Å². The second-order valence-corrected chi connectivity index (χ2v) is 9.10. The normalized spacial score (nSPS) is 17.5. The van der Waals surface area contributed by atoms with Crippen molar-refractivity contribution in [3.8, 4) is 11.8 Å². The monoisotopic (exact) mass is 496 g/mol. The number of H-pyrrole nitrogens is 1. The number of carbonyl (C=O) groups is 3.